The van der Waals surface area contributed by atoms with Gasteiger partial charge in [0.15, 0.2) is 0 Å². The quantitative estimate of drug-likeness (QED) is 0.644. The van der Waals surface area contributed by atoms with E-state index in [2.05, 4.69) is 0 Å². The van der Waals surface area contributed by atoms with Gasteiger partial charge in [0.2, 0.25) is 5.78 Å². The lowest BCUT2D eigenvalue weighted by atomic mass is 10.2. The van der Waals surface area contributed by atoms with Crippen molar-refractivity contribution in [2.75, 3.05) is 6.61 Å². The third-order valence-corrected chi connectivity index (χ3v) is 2.12. The molecule has 0 amide bonds. The Morgan fingerprint density at radius 2 is 2.45 bits per heavy atom. The van der Waals surface area contributed by atoms with Crippen molar-refractivity contribution in [2.24, 2.45) is 0 Å². The van der Waals surface area contributed by atoms with E-state index < -0.39 is 18.5 Å². The van der Waals surface area contributed by atoms with Crippen molar-refractivity contribution in [3.05, 3.63) is 22.4 Å². The lowest BCUT2D eigenvalue weighted by molar-refractivity contribution is 0.0592. The lowest BCUT2D eigenvalue weighted by Gasteiger charge is -2.01. The molecule has 0 aliphatic carbocycles. The number of aliphatic hydroxyl groups is 2. The Labute approximate surface area is 67.9 Å². The third kappa shape index (κ3) is 1.86. The maximum atomic E-state index is 11.0. The summed E-state index contributed by atoms with van der Waals surface area (Å²) >= 11 is 1.25. The van der Waals surface area contributed by atoms with Crippen LogP contribution in [-0.2, 0) is 0 Å². The van der Waals surface area contributed by atoms with Crippen molar-refractivity contribution >= 4 is 17.1 Å². The molecular weight excluding hydrogens is 164 g/mol. The van der Waals surface area contributed by atoms with Crippen LogP contribution in [0.15, 0.2) is 17.5 Å². The highest BCUT2D eigenvalue weighted by Gasteiger charge is 2.15. The van der Waals surface area contributed by atoms with Gasteiger partial charge in [-0.25, -0.2) is 0 Å². The number of Topliss-reactive ketones (excluding diaryl/α,β-unsaturated/α-hetero) is 1. The molecule has 60 valence electrons. The molecule has 0 radical (unpaired) electrons. The number of thiophene rings is 1. The molecule has 0 bridgehead atoms. The van der Waals surface area contributed by atoms with Gasteiger partial charge in [0.25, 0.3) is 0 Å². The smallest absolute Gasteiger partial charge is 0.203 e. The van der Waals surface area contributed by atoms with Gasteiger partial charge in [0.1, 0.15) is 6.10 Å². The number of hydrogen-bond donors (Lipinski definition) is 2. The molecule has 4 heteroatoms. The van der Waals surface area contributed by atoms with Gasteiger partial charge >= 0.3 is 0 Å². The largest absolute Gasteiger partial charge is 0.393 e. The summed E-state index contributed by atoms with van der Waals surface area (Å²) < 4.78 is 0. The first-order chi connectivity index (χ1) is 5.25. The molecule has 11 heavy (non-hydrogen) atoms. The standard InChI is InChI=1S/C7H8O3S/c8-4-5(9)7(10)6-2-1-3-11-6/h1-3,5,8-9H,4H2. The van der Waals surface area contributed by atoms with Gasteiger partial charge in [0, 0.05) is 0 Å². The van der Waals surface area contributed by atoms with Crippen LogP contribution in [0.5, 0.6) is 0 Å². The number of carbonyl (C=O) groups excluding carboxylic acids is 1. The summed E-state index contributed by atoms with van der Waals surface area (Å²) in [6.07, 6.45) is -1.27. The molecule has 2 N–H and O–H groups in total. The highest BCUT2D eigenvalue weighted by Crippen LogP contribution is 2.10. The zero-order valence-corrected chi connectivity index (χ0v) is 6.54. The summed E-state index contributed by atoms with van der Waals surface area (Å²) in [4.78, 5) is 11.5. The number of rotatable bonds is 3. The van der Waals surface area contributed by atoms with Crippen LogP contribution in [-0.4, -0.2) is 28.7 Å². The van der Waals surface area contributed by atoms with Crippen molar-refractivity contribution in [3.63, 3.8) is 0 Å². The zero-order valence-electron chi connectivity index (χ0n) is 5.73. The second-order valence-corrected chi connectivity index (χ2v) is 2.99. The van der Waals surface area contributed by atoms with Gasteiger partial charge in [0.05, 0.1) is 11.5 Å². The molecule has 1 aromatic rings. The third-order valence-electron chi connectivity index (χ3n) is 1.24. The SMILES string of the molecule is O=C(c1cccs1)C(O)CO. The predicted molar refractivity (Wildman–Crippen MR) is 41.7 cm³/mol. The van der Waals surface area contributed by atoms with Crippen LogP contribution in [0.3, 0.4) is 0 Å². The van der Waals surface area contributed by atoms with Crippen LogP contribution in [0.25, 0.3) is 0 Å². The van der Waals surface area contributed by atoms with E-state index in [1.165, 1.54) is 11.3 Å². The summed E-state index contributed by atoms with van der Waals surface area (Å²) in [7, 11) is 0. The van der Waals surface area contributed by atoms with Gasteiger partial charge < -0.3 is 10.2 Å². The number of ketones is 1. The summed E-state index contributed by atoms with van der Waals surface area (Å²) in [6.45, 7) is -0.517. The fourth-order valence-electron chi connectivity index (χ4n) is 0.666. The molecule has 0 saturated heterocycles. The predicted octanol–water partition coefficient (Wildman–Crippen LogP) is 0.284. The molecule has 0 aromatic carbocycles. The van der Waals surface area contributed by atoms with Crippen molar-refractivity contribution in [1.29, 1.82) is 0 Å². The van der Waals surface area contributed by atoms with Gasteiger partial charge in [-0.05, 0) is 11.4 Å². The number of carbonyl (C=O) groups is 1. The first-order valence-corrected chi connectivity index (χ1v) is 4.00. The molecule has 0 saturated carbocycles. The second-order valence-electron chi connectivity index (χ2n) is 2.04. The highest BCUT2D eigenvalue weighted by atomic mass is 32.1. The molecule has 3 nitrogen and oxygen atoms in total. The Kier molecular flexibility index (Phi) is 2.76. The van der Waals surface area contributed by atoms with Gasteiger partial charge in [-0.2, -0.15) is 0 Å². The van der Waals surface area contributed by atoms with E-state index in [9.17, 15) is 4.79 Å². The van der Waals surface area contributed by atoms with Gasteiger partial charge in [-0.3, -0.25) is 4.79 Å². The molecule has 0 fully saturated rings. The lowest BCUT2D eigenvalue weighted by Crippen LogP contribution is -2.23. The Morgan fingerprint density at radius 1 is 1.73 bits per heavy atom. The van der Waals surface area contributed by atoms with Crippen molar-refractivity contribution in [1.82, 2.24) is 0 Å². The van der Waals surface area contributed by atoms with Crippen LogP contribution in [0.1, 0.15) is 9.67 Å². The average molecular weight is 172 g/mol. The zero-order chi connectivity index (χ0) is 8.27. The van der Waals surface area contributed by atoms with Crippen LogP contribution < -0.4 is 0 Å². The Morgan fingerprint density at radius 3 is 2.91 bits per heavy atom. The summed E-state index contributed by atoms with van der Waals surface area (Å²) in [5, 5.41) is 19.1. The number of aliphatic hydroxyl groups excluding tert-OH is 2. The fraction of sp³-hybridized carbons (Fsp3) is 0.286. The van der Waals surface area contributed by atoms with Crippen LogP contribution in [0.4, 0.5) is 0 Å². The van der Waals surface area contributed by atoms with E-state index in [-0.39, 0.29) is 0 Å². The minimum absolute atomic E-state index is 0.414. The monoisotopic (exact) mass is 172 g/mol. The first kappa shape index (κ1) is 8.39. The van der Waals surface area contributed by atoms with E-state index in [4.69, 9.17) is 10.2 Å². The van der Waals surface area contributed by atoms with Crippen molar-refractivity contribution < 1.29 is 15.0 Å². The fourth-order valence-corrected chi connectivity index (χ4v) is 1.38. The topological polar surface area (TPSA) is 57.5 Å². The Balaban J connectivity index is 2.70. The maximum Gasteiger partial charge on any atom is 0.203 e. The minimum atomic E-state index is -1.27. The minimum Gasteiger partial charge on any atom is -0.393 e. The van der Waals surface area contributed by atoms with E-state index >= 15 is 0 Å². The second kappa shape index (κ2) is 3.61. The van der Waals surface area contributed by atoms with Crippen LogP contribution >= 0.6 is 11.3 Å². The summed E-state index contributed by atoms with van der Waals surface area (Å²) in [5.74, 6) is -0.414. The van der Waals surface area contributed by atoms with E-state index in [1.54, 1.807) is 17.5 Å². The summed E-state index contributed by atoms with van der Waals surface area (Å²) in [5.41, 5.74) is 0. The van der Waals surface area contributed by atoms with Crippen LogP contribution in [0.2, 0.25) is 0 Å². The van der Waals surface area contributed by atoms with Crippen molar-refractivity contribution in [2.45, 2.75) is 6.10 Å². The number of hydrogen-bond acceptors (Lipinski definition) is 4. The normalized spacial score (nSPS) is 12.9. The van der Waals surface area contributed by atoms with Gasteiger partial charge in [-0.15, -0.1) is 11.3 Å². The average Bonchev–Trinajstić information content (AvgIpc) is 2.53. The molecule has 0 aliphatic rings. The maximum absolute atomic E-state index is 11.0. The Bertz CT molecular complexity index is 230. The Hall–Kier alpha value is -0.710. The van der Waals surface area contributed by atoms with Gasteiger partial charge in [-0.1, -0.05) is 6.07 Å². The molecule has 1 atom stereocenters. The molecule has 1 unspecified atom stereocenters. The first-order valence-electron chi connectivity index (χ1n) is 3.12. The molecular formula is C7H8O3S. The van der Waals surface area contributed by atoms with E-state index in [0.29, 0.717) is 4.88 Å². The molecule has 0 spiro atoms. The molecule has 1 rings (SSSR count). The van der Waals surface area contributed by atoms with Crippen molar-refractivity contribution in [3.8, 4) is 0 Å². The summed E-state index contributed by atoms with van der Waals surface area (Å²) in [6, 6.07) is 3.34. The van der Waals surface area contributed by atoms with E-state index in [0.717, 1.165) is 0 Å². The highest BCUT2D eigenvalue weighted by molar-refractivity contribution is 7.12. The molecule has 0 aliphatic heterocycles. The van der Waals surface area contributed by atoms with E-state index in [1.807, 2.05) is 0 Å². The molecule has 1 heterocycles. The van der Waals surface area contributed by atoms with Crippen LogP contribution in [0, 0.1) is 0 Å². The molecule has 1 aromatic heterocycles.